The van der Waals surface area contributed by atoms with Gasteiger partial charge < -0.3 is 10.4 Å². The predicted octanol–water partition coefficient (Wildman–Crippen LogP) is 5.57. The molecule has 0 aromatic heterocycles. The normalized spacial score (nSPS) is 10.8. The molecule has 0 saturated heterocycles. The van der Waals surface area contributed by atoms with E-state index in [4.69, 9.17) is 11.6 Å². The van der Waals surface area contributed by atoms with Gasteiger partial charge >= 0.3 is 0 Å². The molecule has 0 amide bonds. The molecular weight excluding hydrogens is 350 g/mol. The van der Waals surface area contributed by atoms with Gasteiger partial charge in [-0.05, 0) is 45.8 Å². The van der Waals surface area contributed by atoms with Crippen molar-refractivity contribution in [1.29, 1.82) is 0 Å². The molecule has 4 heteroatoms. The zero-order valence-electron chi connectivity index (χ0n) is 11.1. The van der Waals surface area contributed by atoms with E-state index in [1.54, 1.807) is 6.07 Å². The minimum absolute atomic E-state index is 0.297. The summed E-state index contributed by atoms with van der Waals surface area (Å²) in [4.78, 5) is 0. The molecule has 3 rings (SSSR count). The van der Waals surface area contributed by atoms with Crippen LogP contribution in [0, 0.1) is 0 Å². The van der Waals surface area contributed by atoms with Gasteiger partial charge in [-0.1, -0.05) is 41.9 Å². The first-order valence-corrected chi connectivity index (χ1v) is 7.71. The highest BCUT2D eigenvalue weighted by Crippen LogP contribution is 2.30. The van der Waals surface area contributed by atoms with Crippen LogP contribution < -0.4 is 5.32 Å². The Kier molecular flexibility index (Phi) is 4.04. The topological polar surface area (TPSA) is 32.3 Å². The van der Waals surface area contributed by atoms with E-state index in [-0.39, 0.29) is 0 Å². The summed E-state index contributed by atoms with van der Waals surface area (Å²) in [5.41, 5.74) is 2.12. The maximum absolute atomic E-state index is 9.90. The van der Waals surface area contributed by atoms with E-state index in [1.165, 1.54) is 0 Å². The first kappa shape index (κ1) is 14.2. The number of benzene rings is 3. The van der Waals surface area contributed by atoms with Gasteiger partial charge in [0.1, 0.15) is 5.75 Å². The first-order valence-electron chi connectivity index (χ1n) is 6.53. The van der Waals surface area contributed by atoms with Crippen molar-refractivity contribution in [3.8, 4) is 5.75 Å². The van der Waals surface area contributed by atoms with Crippen molar-refractivity contribution < 1.29 is 5.11 Å². The van der Waals surface area contributed by atoms with Crippen LogP contribution in [0.1, 0.15) is 5.56 Å². The molecule has 0 fully saturated rings. The molecule has 0 heterocycles. The van der Waals surface area contributed by atoms with Crippen molar-refractivity contribution in [2.45, 2.75) is 6.54 Å². The van der Waals surface area contributed by atoms with Crippen molar-refractivity contribution >= 4 is 44.0 Å². The number of fused-ring (bicyclic) bond motifs is 1. The Morgan fingerprint density at radius 2 is 1.76 bits per heavy atom. The molecule has 0 spiro atoms. The summed E-state index contributed by atoms with van der Waals surface area (Å²) in [5.74, 6) is 0.297. The highest BCUT2D eigenvalue weighted by Gasteiger charge is 2.04. The van der Waals surface area contributed by atoms with Crippen molar-refractivity contribution in [2.75, 3.05) is 5.32 Å². The van der Waals surface area contributed by atoms with Gasteiger partial charge in [-0.2, -0.15) is 0 Å². The minimum Gasteiger partial charge on any atom is -0.507 e. The van der Waals surface area contributed by atoms with Gasteiger partial charge in [-0.3, -0.25) is 0 Å². The maximum atomic E-state index is 9.90. The predicted molar refractivity (Wildman–Crippen MR) is 92.1 cm³/mol. The van der Waals surface area contributed by atoms with E-state index in [1.807, 2.05) is 48.5 Å². The van der Waals surface area contributed by atoms with Gasteiger partial charge in [0.25, 0.3) is 0 Å². The second-order valence-corrected chi connectivity index (χ2v) is 6.04. The SMILES string of the molecule is Oc1cccc2c(NCc3ccc(Cl)c(Br)c3)cccc12. The van der Waals surface area contributed by atoms with Gasteiger partial charge in [-0.25, -0.2) is 0 Å². The van der Waals surface area contributed by atoms with Crippen LogP contribution in [0.15, 0.2) is 59.1 Å². The third-order valence-electron chi connectivity index (χ3n) is 3.37. The number of hydrogen-bond acceptors (Lipinski definition) is 2. The lowest BCUT2D eigenvalue weighted by atomic mass is 10.1. The second kappa shape index (κ2) is 5.96. The van der Waals surface area contributed by atoms with Crippen LogP contribution in [0.5, 0.6) is 5.75 Å². The Labute approximate surface area is 136 Å². The number of anilines is 1. The molecule has 0 aliphatic carbocycles. The summed E-state index contributed by atoms with van der Waals surface area (Å²) in [6.45, 7) is 0.685. The molecular formula is C17H13BrClNO. The Morgan fingerprint density at radius 1 is 1.00 bits per heavy atom. The number of rotatable bonds is 3. The van der Waals surface area contributed by atoms with Crippen LogP contribution in [0.3, 0.4) is 0 Å². The molecule has 21 heavy (non-hydrogen) atoms. The molecule has 0 aliphatic heterocycles. The Bertz CT molecular complexity index is 804. The van der Waals surface area contributed by atoms with E-state index in [9.17, 15) is 5.11 Å². The van der Waals surface area contributed by atoms with Gasteiger partial charge in [-0.15, -0.1) is 0 Å². The number of hydrogen-bond donors (Lipinski definition) is 2. The molecule has 0 atom stereocenters. The van der Waals surface area contributed by atoms with Gasteiger partial charge in [0, 0.05) is 27.5 Å². The fourth-order valence-corrected chi connectivity index (χ4v) is 2.84. The lowest BCUT2D eigenvalue weighted by Gasteiger charge is -2.11. The average Bonchev–Trinajstić information content (AvgIpc) is 2.49. The Hall–Kier alpha value is -1.71. The average molecular weight is 363 g/mol. The van der Waals surface area contributed by atoms with E-state index in [0.717, 1.165) is 26.5 Å². The Morgan fingerprint density at radius 3 is 2.57 bits per heavy atom. The van der Waals surface area contributed by atoms with Gasteiger partial charge in [0.2, 0.25) is 0 Å². The molecule has 2 N–H and O–H groups in total. The van der Waals surface area contributed by atoms with Crippen molar-refractivity contribution in [2.24, 2.45) is 0 Å². The lowest BCUT2D eigenvalue weighted by Crippen LogP contribution is -2.00. The zero-order chi connectivity index (χ0) is 14.8. The molecule has 106 valence electrons. The number of halogens is 2. The van der Waals surface area contributed by atoms with E-state index in [0.29, 0.717) is 17.3 Å². The number of aromatic hydroxyl groups is 1. The smallest absolute Gasteiger partial charge is 0.123 e. The highest BCUT2D eigenvalue weighted by molar-refractivity contribution is 9.10. The first-order chi connectivity index (χ1) is 10.1. The molecule has 3 aromatic carbocycles. The molecule has 0 saturated carbocycles. The highest BCUT2D eigenvalue weighted by atomic mass is 79.9. The third-order valence-corrected chi connectivity index (χ3v) is 4.58. The maximum Gasteiger partial charge on any atom is 0.123 e. The van der Waals surface area contributed by atoms with Crippen LogP contribution in [-0.2, 0) is 6.54 Å². The lowest BCUT2D eigenvalue weighted by molar-refractivity contribution is 0.481. The summed E-state index contributed by atoms with van der Waals surface area (Å²) < 4.78 is 0.888. The molecule has 0 radical (unpaired) electrons. The molecule has 0 unspecified atom stereocenters. The fraction of sp³-hybridized carbons (Fsp3) is 0.0588. The van der Waals surface area contributed by atoms with Crippen LogP contribution in [0.2, 0.25) is 5.02 Å². The Balaban J connectivity index is 1.88. The zero-order valence-corrected chi connectivity index (χ0v) is 13.4. The number of phenolic OH excluding ortho intramolecular Hbond substituents is 1. The molecule has 0 bridgehead atoms. The third kappa shape index (κ3) is 2.99. The largest absolute Gasteiger partial charge is 0.507 e. The summed E-state index contributed by atoms with van der Waals surface area (Å²) in [7, 11) is 0. The van der Waals surface area contributed by atoms with Crippen LogP contribution in [0.25, 0.3) is 10.8 Å². The van der Waals surface area contributed by atoms with Gasteiger partial charge in [0.15, 0.2) is 0 Å². The summed E-state index contributed by atoms with van der Waals surface area (Å²) >= 11 is 9.43. The molecule has 3 aromatic rings. The molecule has 0 aliphatic rings. The quantitative estimate of drug-likeness (QED) is 0.638. The number of nitrogens with one attached hydrogen (secondary N) is 1. The van der Waals surface area contributed by atoms with Crippen LogP contribution in [-0.4, -0.2) is 5.11 Å². The standard InChI is InChI=1S/C17H13BrClNO/c18-14-9-11(7-8-15(14)19)10-20-16-5-1-4-13-12(16)3-2-6-17(13)21/h1-9,20-21H,10H2. The van der Waals surface area contributed by atoms with Gasteiger partial charge in [0.05, 0.1) is 5.02 Å². The van der Waals surface area contributed by atoms with Crippen molar-refractivity contribution in [3.05, 3.63) is 69.7 Å². The minimum atomic E-state index is 0.297. The summed E-state index contributed by atoms with van der Waals surface area (Å²) in [6.07, 6.45) is 0. The number of phenols is 1. The second-order valence-electron chi connectivity index (χ2n) is 4.78. The van der Waals surface area contributed by atoms with E-state index < -0.39 is 0 Å². The van der Waals surface area contributed by atoms with E-state index >= 15 is 0 Å². The van der Waals surface area contributed by atoms with Crippen molar-refractivity contribution in [1.82, 2.24) is 0 Å². The van der Waals surface area contributed by atoms with E-state index in [2.05, 4.69) is 21.2 Å². The van der Waals surface area contributed by atoms with Crippen LogP contribution in [0.4, 0.5) is 5.69 Å². The molecule has 2 nitrogen and oxygen atoms in total. The van der Waals surface area contributed by atoms with Crippen LogP contribution >= 0.6 is 27.5 Å². The van der Waals surface area contributed by atoms with Crippen molar-refractivity contribution in [3.63, 3.8) is 0 Å². The summed E-state index contributed by atoms with van der Waals surface area (Å²) in [5, 5.41) is 15.9. The summed E-state index contributed by atoms with van der Waals surface area (Å²) in [6, 6.07) is 17.3. The fourth-order valence-electron chi connectivity index (χ4n) is 2.29. The monoisotopic (exact) mass is 361 g/mol.